The van der Waals surface area contributed by atoms with Crippen molar-refractivity contribution in [3.8, 4) is 0 Å². The lowest BCUT2D eigenvalue weighted by Gasteiger charge is -2.20. The standard InChI is InChI=1S/C13H16BrF2NO2/c1-8(13(18)19-3)6-17(2)7-9-11(15)5-4-10(14)12(9)16/h4-5,8H,6-7H2,1-3H3. The number of ether oxygens (including phenoxy) is 1. The van der Waals surface area contributed by atoms with Crippen LogP contribution in [0.4, 0.5) is 8.78 Å². The normalized spacial score (nSPS) is 12.6. The van der Waals surface area contributed by atoms with Gasteiger partial charge in [-0.05, 0) is 35.1 Å². The molecule has 0 aromatic heterocycles. The SMILES string of the molecule is COC(=O)C(C)CN(C)Cc1c(F)ccc(Br)c1F. The van der Waals surface area contributed by atoms with Crippen LogP contribution in [-0.2, 0) is 16.1 Å². The molecule has 1 atom stereocenters. The van der Waals surface area contributed by atoms with Crippen LogP contribution < -0.4 is 0 Å². The van der Waals surface area contributed by atoms with Crippen molar-refractivity contribution in [2.45, 2.75) is 13.5 Å². The molecule has 1 aromatic carbocycles. The highest BCUT2D eigenvalue weighted by Crippen LogP contribution is 2.22. The second-order valence-electron chi connectivity index (χ2n) is 4.44. The minimum Gasteiger partial charge on any atom is -0.469 e. The first-order valence-corrected chi connectivity index (χ1v) is 6.54. The number of benzene rings is 1. The van der Waals surface area contributed by atoms with E-state index in [1.165, 1.54) is 19.2 Å². The molecule has 19 heavy (non-hydrogen) atoms. The van der Waals surface area contributed by atoms with Gasteiger partial charge >= 0.3 is 5.97 Å². The predicted octanol–water partition coefficient (Wildman–Crippen LogP) is 2.97. The molecule has 0 saturated heterocycles. The third-order valence-electron chi connectivity index (χ3n) is 2.76. The molecule has 1 aromatic rings. The summed E-state index contributed by atoms with van der Waals surface area (Å²) >= 11 is 3.02. The lowest BCUT2D eigenvalue weighted by atomic mass is 10.1. The van der Waals surface area contributed by atoms with E-state index in [1.807, 2.05) is 0 Å². The van der Waals surface area contributed by atoms with Crippen molar-refractivity contribution < 1.29 is 18.3 Å². The minimum absolute atomic E-state index is 0.0195. The van der Waals surface area contributed by atoms with Crippen LogP contribution in [0.3, 0.4) is 0 Å². The molecule has 1 rings (SSSR count). The minimum atomic E-state index is -0.613. The fraction of sp³-hybridized carbons (Fsp3) is 0.462. The van der Waals surface area contributed by atoms with Crippen molar-refractivity contribution in [3.05, 3.63) is 33.8 Å². The Labute approximate surface area is 119 Å². The highest BCUT2D eigenvalue weighted by molar-refractivity contribution is 9.10. The maximum atomic E-state index is 13.8. The fourth-order valence-electron chi connectivity index (χ4n) is 1.79. The molecule has 0 saturated carbocycles. The molecule has 0 aliphatic heterocycles. The lowest BCUT2D eigenvalue weighted by Crippen LogP contribution is -2.29. The molecule has 0 heterocycles. The van der Waals surface area contributed by atoms with E-state index in [0.717, 1.165) is 0 Å². The largest absolute Gasteiger partial charge is 0.469 e. The number of carbonyl (C=O) groups is 1. The fourth-order valence-corrected chi connectivity index (χ4v) is 2.16. The second-order valence-corrected chi connectivity index (χ2v) is 5.30. The van der Waals surface area contributed by atoms with Crippen LogP contribution in [0.1, 0.15) is 12.5 Å². The molecule has 0 aliphatic rings. The summed E-state index contributed by atoms with van der Waals surface area (Å²) in [6, 6.07) is 2.53. The van der Waals surface area contributed by atoms with Crippen LogP contribution >= 0.6 is 15.9 Å². The summed E-state index contributed by atoms with van der Waals surface area (Å²) in [6.45, 7) is 2.15. The van der Waals surface area contributed by atoms with E-state index in [1.54, 1.807) is 18.9 Å². The summed E-state index contributed by atoms with van der Waals surface area (Å²) in [7, 11) is 3.01. The molecule has 0 radical (unpaired) electrons. The summed E-state index contributed by atoms with van der Waals surface area (Å²) in [4.78, 5) is 13.0. The molecule has 0 aliphatic carbocycles. The number of esters is 1. The number of carbonyl (C=O) groups excluding carboxylic acids is 1. The van der Waals surface area contributed by atoms with Gasteiger partial charge in [0, 0.05) is 18.7 Å². The zero-order valence-electron chi connectivity index (χ0n) is 11.0. The lowest BCUT2D eigenvalue weighted by molar-refractivity contribution is -0.145. The Morgan fingerprint density at radius 2 is 2.11 bits per heavy atom. The van der Waals surface area contributed by atoms with E-state index in [-0.39, 0.29) is 28.5 Å². The number of methoxy groups -OCH3 is 1. The van der Waals surface area contributed by atoms with E-state index in [2.05, 4.69) is 20.7 Å². The molecule has 0 fully saturated rings. The molecule has 6 heteroatoms. The zero-order chi connectivity index (χ0) is 14.6. The first kappa shape index (κ1) is 16.0. The van der Waals surface area contributed by atoms with Crippen LogP contribution in [0, 0.1) is 17.6 Å². The molecular weight excluding hydrogens is 320 g/mol. The van der Waals surface area contributed by atoms with Crippen LogP contribution in [0.15, 0.2) is 16.6 Å². The Balaban J connectivity index is 2.75. The number of rotatable bonds is 5. The maximum absolute atomic E-state index is 13.8. The van der Waals surface area contributed by atoms with E-state index >= 15 is 0 Å². The molecule has 0 N–H and O–H groups in total. The third-order valence-corrected chi connectivity index (χ3v) is 3.37. The van der Waals surface area contributed by atoms with Gasteiger partial charge in [-0.3, -0.25) is 4.79 Å². The van der Waals surface area contributed by atoms with Crippen LogP contribution in [0.5, 0.6) is 0 Å². The van der Waals surface area contributed by atoms with Crippen molar-refractivity contribution >= 4 is 21.9 Å². The number of hydrogen-bond acceptors (Lipinski definition) is 3. The van der Waals surface area contributed by atoms with Gasteiger partial charge in [-0.25, -0.2) is 8.78 Å². The molecule has 1 unspecified atom stereocenters. The van der Waals surface area contributed by atoms with Crippen LogP contribution in [0.25, 0.3) is 0 Å². The topological polar surface area (TPSA) is 29.5 Å². The summed E-state index contributed by atoms with van der Waals surface area (Å²) in [6.07, 6.45) is 0. The molecule has 0 spiro atoms. The van der Waals surface area contributed by atoms with Gasteiger partial charge in [0.15, 0.2) is 0 Å². The molecule has 0 amide bonds. The van der Waals surface area contributed by atoms with E-state index in [0.29, 0.717) is 6.54 Å². The Bertz CT molecular complexity index is 468. The van der Waals surface area contributed by atoms with Crippen molar-refractivity contribution in [2.75, 3.05) is 20.7 Å². The molecular formula is C13H16BrF2NO2. The van der Waals surface area contributed by atoms with Gasteiger partial charge in [0.2, 0.25) is 0 Å². The van der Waals surface area contributed by atoms with Gasteiger partial charge in [-0.15, -0.1) is 0 Å². The highest BCUT2D eigenvalue weighted by Gasteiger charge is 2.18. The van der Waals surface area contributed by atoms with Crippen LogP contribution in [-0.4, -0.2) is 31.6 Å². The van der Waals surface area contributed by atoms with Gasteiger partial charge in [-0.2, -0.15) is 0 Å². The maximum Gasteiger partial charge on any atom is 0.309 e. The second kappa shape index (κ2) is 6.96. The van der Waals surface area contributed by atoms with E-state index in [4.69, 9.17) is 0 Å². The Morgan fingerprint density at radius 1 is 1.47 bits per heavy atom. The number of nitrogens with zero attached hydrogens (tertiary/aromatic N) is 1. The van der Waals surface area contributed by atoms with Gasteiger partial charge in [-0.1, -0.05) is 6.92 Å². The van der Waals surface area contributed by atoms with Crippen molar-refractivity contribution in [1.29, 1.82) is 0 Å². The van der Waals surface area contributed by atoms with E-state index in [9.17, 15) is 13.6 Å². The van der Waals surface area contributed by atoms with Gasteiger partial charge in [0.1, 0.15) is 11.6 Å². The van der Waals surface area contributed by atoms with Crippen molar-refractivity contribution in [3.63, 3.8) is 0 Å². The van der Waals surface area contributed by atoms with Crippen molar-refractivity contribution in [1.82, 2.24) is 4.90 Å². The first-order chi connectivity index (χ1) is 8.86. The van der Waals surface area contributed by atoms with Gasteiger partial charge in [0.05, 0.1) is 17.5 Å². The highest BCUT2D eigenvalue weighted by atomic mass is 79.9. The number of hydrogen-bond donors (Lipinski definition) is 0. The Kier molecular flexibility index (Phi) is 5.87. The molecule has 3 nitrogen and oxygen atoms in total. The average molecular weight is 336 g/mol. The van der Waals surface area contributed by atoms with Gasteiger partial charge in [0.25, 0.3) is 0 Å². The molecule has 0 bridgehead atoms. The number of halogens is 3. The summed E-state index contributed by atoms with van der Waals surface area (Å²) < 4.78 is 32.2. The van der Waals surface area contributed by atoms with Gasteiger partial charge < -0.3 is 9.64 Å². The Hall–Kier alpha value is -1.01. The summed E-state index contributed by atoms with van der Waals surface area (Å²) in [5.74, 6) is -1.91. The van der Waals surface area contributed by atoms with Crippen LogP contribution in [0.2, 0.25) is 0 Å². The zero-order valence-corrected chi connectivity index (χ0v) is 12.6. The Morgan fingerprint density at radius 3 is 2.68 bits per heavy atom. The van der Waals surface area contributed by atoms with E-state index < -0.39 is 11.6 Å². The predicted molar refractivity (Wildman–Crippen MR) is 71.6 cm³/mol. The smallest absolute Gasteiger partial charge is 0.309 e. The third kappa shape index (κ3) is 4.24. The monoisotopic (exact) mass is 335 g/mol. The molecule has 106 valence electrons. The quantitative estimate of drug-likeness (QED) is 0.612. The van der Waals surface area contributed by atoms with Crippen molar-refractivity contribution in [2.24, 2.45) is 5.92 Å². The first-order valence-electron chi connectivity index (χ1n) is 5.75. The average Bonchev–Trinajstić information content (AvgIpc) is 2.38. The summed E-state index contributed by atoms with van der Waals surface area (Å²) in [5, 5.41) is 0. The summed E-state index contributed by atoms with van der Waals surface area (Å²) in [5.41, 5.74) is -0.0195.